The summed E-state index contributed by atoms with van der Waals surface area (Å²) in [5.41, 5.74) is 3.47. The molecule has 0 saturated carbocycles. The van der Waals surface area contributed by atoms with Gasteiger partial charge in [-0.1, -0.05) is 13.8 Å². The Morgan fingerprint density at radius 2 is 2.22 bits per heavy atom. The summed E-state index contributed by atoms with van der Waals surface area (Å²) >= 11 is 0. The van der Waals surface area contributed by atoms with Gasteiger partial charge in [-0.3, -0.25) is 10.6 Å². The molecule has 1 rings (SSSR count). The van der Waals surface area contributed by atoms with Crippen LogP contribution in [-0.4, -0.2) is 30.6 Å². The molecule has 100 valence electrons. The maximum Gasteiger partial charge on any atom is 0.270 e. The minimum absolute atomic E-state index is 0.0309. The van der Waals surface area contributed by atoms with Crippen LogP contribution >= 0.6 is 0 Å². The molecule has 0 aliphatic carbocycles. The molecule has 4 N–H and O–H groups in total. The lowest BCUT2D eigenvalue weighted by Crippen LogP contribution is -2.41. The summed E-state index contributed by atoms with van der Waals surface area (Å²) in [7, 11) is 1.61. The van der Waals surface area contributed by atoms with Crippen molar-refractivity contribution in [2.24, 2.45) is 11.8 Å². The zero-order chi connectivity index (χ0) is 13.5. The number of hydrazine groups is 1. The van der Waals surface area contributed by atoms with E-state index < -0.39 is 0 Å². The highest BCUT2D eigenvalue weighted by Gasteiger charge is 2.17. The number of nitrogen functional groups attached to an aromatic ring is 1. The fraction of sp³-hybridized carbons (Fsp3) is 0.500. The largest absolute Gasteiger partial charge is 0.383 e. The average Bonchev–Trinajstić information content (AvgIpc) is 2.38. The fourth-order valence-electron chi connectivity index (χ4n) is 1.44. The number of hydrogen-bond donors (Lipinski definition) is 3. The van der Waals surface area contributed by atoms with E-state index in [-0.39, 0.29) is 11.9 Å². The van der Waals surface area contributed by atoms with Crippen molar-refractivity contribution in [1.82, 2.24) is 10.3 Å². The molecular weight excluding hydrogens is 232 g/mol. The van der Waals surface area contributed by atoms with Crippen LogP contribution in [0.3, 0.4) is 0 Å². The Morgan fingerprint density at radius 1 is 1.50 bits per heavy atom. The number of rotatable bonds is 6. The first-order chi connectivity index (χ1) is 8.58. The van der Waals surface area contributed by atoms with Crippen LogP contribution in [0.15, 0.2) is 18.3 Å². The van der Waals surface area contributed by atoms with Gasteiger partial charge in [-0.15, -0.1) is 0 Å². The summed E-state index contributed by atoms with van der Waals surface area (Å²) in [5.74, 6) is 5.31. The molecule has 0 spiro atoms. The first-order valence-electron chi connectivity index (χ1n) is 5.81. The predicted octanol–water partition coefficient (Wildman–Crippen LogP) is 0.768. The van der Waals surface area contributed by atoms with Crippen molar-refractivity contribution >= 4 is 11.6 Å². The van der Waals surface area contributed by atoms with Crippen LogP contribution in [0, 0.1) is 5.92 Å². The van der Waals surface area contributed by atoms with Gasteiger partial charge in [-0.05, 0) is 18.1 Å². The normalized spacial score (nSPS) is 12.3. The van der Waals surface area contributed by atoms with Crippen LogP contribution in [0.2, 0.25) is 0 Å². The lowest BCUT2D eigenvalue weighted by molar-refractivity contribution is 0.0862. The molecule has 1 aromatic heterocycles. The Balaban J connectivity index is 2.67. The average molecular weight is 252 g/mol. The van der Waals surface area contributed by atoms with Crippen LogP contribution < -0.4 is 16.6 Å². The highest BCUT2D eigenvalue weighted by atomic mass is 16.5. The van der Waals surface area contributed by atoms with Gasteiger partial charge in [-0.25, -0.2) is 4.98 Å². The van der Waals surface area contributed by atoms with Crippen molar-refractivity contribution < 1.29 is 9.53 Å². The van der Waals surface area contributed by atoms with Gasteiger partial charge in [0.05, 0.1) is 24.5 Å². The maximum absolute atomic E-state index is 12.0. The number of pyridine rings is 1. The van der Waals surface area contributed by atoms with E-state index in [4.69, 9.17) is 10.6 Å². The Hall–Kier alpha value is -1.66. The summed E-state index contributed by atoms with van der Waals surface area (Å²) < 4.78 is 5.08. The van der Waals surface area contributed by atoms with Gasteiger partial charge in [-0.2, -0.15) is 0 Å². The number of carbonyl (C=O) groups is 1. The number of methoxy groups -OCH3 is 1. The van der Waals surface area contributed by atoms with Gasteiger partial charge in [0.1, 0.15) is 5.69 Å². The molecule has 1 heterocycles. The van der Waals surface area contributed by atoms with E-state index >= 15 is 0 Å². The van der Waals surface area contributed by atoms with Crippen molar-refractivity contribution in [1.29, 1.82) is 0 Å². The Morgan fingerprint density at radius 3 is 2.67 bits per heavy atom. The highest BCUT2D eigenvalue weighted by Crippen LogP contribution is 2.06. The third-order valence-electron chi connectivity index (χ3n) is 2.63. The van der Waals surface area contributed by atoms with Gasteiger partial charge >= 0.3 is 0 Å². The summed E-state index contributed by atoms with van der Waals surface area (Å²) in [6.07, 6.45) is 1.51. The Bertz CT molecular complexity index is 378. The number of aromatic nitrogens is 1. The molecule has 0 radical (unpaired) electrons. The summed E-state index contributed by atoms with van der Waals surface area (Å²) in [5, 5.41) is 2.89. The van der Waals surface area contributed by atoms with Gasteiger partial charge < -0.3 is 15.5 Å². The van der Waals surface area contributed by atoms with Gasteiger partial charge in [0, 0.05) is 7.11 Å². The highest BCUT2D eigenvalue weighted by molar-refractivity contribution is 5.92. The number of amides is 1. The molecule has 0 aliphatic heterocycles. The standard InChI is InChI=1S/C12H20N4O2/c1-8(2)11(7-18-3)15-12(17)10-5-4-9(16-13)6-14-10/h4-6,8,11,16H,7,13H2,1-3H3,(H,15,17). The van der Waals surface area contributed by atoms with E-state index in [1.54, 1.807) is 19.2 Å². The first kappa shape index (κ1) is 14.4. The van der Waals surface area contributed by atoms with Crippen LogP contribution in [0.1, 0.15) is 24.3 Å². The second-order valence-electron chi connectivity index (χ2n) is 4.36. The maximum atomic E-state index is 12.0. The van der Waals surface area contributed by atoms with Crippen molar-refractivity contribution in [3.05, 3.63) is 24.0 Å². The summed E-state index contributed by atoms with van der Waals surface area (Å²) in [6.45, 7) is 4.53. The lowest BCUT2D eigenvalue weighted by atomic mass is 10.1. The molecule has 0 aromatic carbocycles. The fourth-order valence-corrected chi connectivity index (χ4v) is 1.44. The molecule has 1 amide bonds. The second kappa shape index (κ2) is 6.93. The molecule has 1 unspecified atom stereocenters. The van der Waals surface area contributed by atoms with E-state index in [1.165, 1.54) is 6.20 Å². The molecule has 0 aliphatic rings. The van der Waals surface area contributed by atoms with E-state index in [0.717, 1.165) is 0 Å². The van der Waals surface area contributed by atoms with Gasteiger partial charge in [0.25, 0.3) is 5.91 Å². The molecule has 1 atom stereocenters. The second-order valence-corrected chi connectivity index (χ2v) is 4.36. The third kappa shape index (κ3) is 3.97. The van der Waals surface area contributed by atoms with Crippen molar-refractivity contribution in [2.45, 2.75) is 19.9 Å². The Kier molecular flexibility index (Phi) is 5.54. The molecule has 6 heteroatoms. The topological polar surface area (TPSA) is 89.3 Å². The number of hydrogen-bond acceptors (Lipinski definition) is 5. The van der Waals surface area contributed by atoms with Crippen molar-refractivity contribution in [3.8, 4) is 0 Å². The van der Waals surface area contributed by atoms with E-state index in [1.807, 2.05) is 13.8 Å². The molecule has 0 bridgehead atoms. The van der Waals surface area contributed by atoms with E-state index in [2.05, 4.69) is 15.7 Å². The minimum Gasteiger partial charge on any atom is -0.383 e. The van der Waals surface area contributed by atoms with Crippen LogP contribution in [0.25, 0.3) is 0 Å². The van der Waals surface area contributed by atoms with Crippen LogP contribution in [-0.2, 0) is 4.74 Å². The van der Waals surface area contributed by atoms with Crippen molar-refractivity contribution in [3.63, 3.8) is 0 Å². The van der Waals surface area contributed by atoms with Crippen LogP contribution in [0.4, 0.5) is 5.69 Å². The zero-order valence-electron chi connectivity index (χ0n) is 10.9. The number of nitrogens with two attached hydrogens (primary N) is 1. The van der Waals surface area contributed by atoms with Gasteiger partial charge in [0.2, 0.25) is 0 Å². The quantitative estimate of drug-likeness (QED) is 0.514. The molecule has 1 aromatic rings. The molecule has 6 nitrogen and oxygen atoms in total. The third-order valence-corrected chi connectivity index (χ3v) is 2.63. The smallest absolute Gasteiger partial charge is 0.270 e. The van der Waals surface area contributed by atoms with Crippen molar-refractivity contribution in [2.75, 3.05) is 19.1 Å². The van der Waals surface area contributed by atoms with Gasteiger partial charge in [0.15, 0.2) is 0 Å². The molecule has 18 heavy (non-hydrogen) atoms. The molecule has 0 saturated heterocycles. The number of nitrogens with one attached hydrogen (secondary N) is 2. The van der Waals surface area contributed by atoms with Crippen LogP contribution in [0.5, 0.6) is 0 Å². The minimum atomic E-state index is -0.214. The number of carbonyl (C=O) groups excluding carboxylic acids is 1. The SMILES string of the molecule is COCC(NC(=O)c1ccc(NN)cn1)C(C)C. The number of nitrogens with zero attached hydrogens (tertiary/aromatic N) is 1. The number of anilines is 1. The van der Waals surface area contributed by atoms with E-state index in [0.29, 0.717) is 23.9 Å². The van der Waals surface area contributed by atoms with E-state index in [9.17, 15) is 4.79 Å². The zero-order valence-corrected chi connectivity index (χ0v) is 10.9. The number of ether oxygens (including phenoxy) is 1. The monoisotopic (exact) mass is 252 g/mol. The lowest BCUT2D eigenvalue weighted by Gasteiger charge is -2.21. The summed E-state index contributed by atoms with van der Waals surface area (Å²) in [4.78, 5) is 16.0. The predicted molar refractivity (Wildman–Crippen MR) is 70.0 cm³/mol. The molecule has 0 fully saturated rings. The first-order valence-corrected chi connectivity index (χ1v) is 5.81. The molecular formula is C12H20N4O2. The summed E-state index contributed by atoms with van der Waals surface area (Å²) in [6, 6.07) is 3.29. The Labute approximate surface area is 107 Å².